The van der Waals surface area contributed by atoms with Gasteiger partial charge in [0.2, 0.25) is 5.91 Å². The normalized spacial score (nSPS) is 11.8. The van der Waals surface area contributed by atoms with Gasteiger partial charge < -0.3 is 15.2 Å². The highest BCUT2D eigenvalue weighted by Crippen LogP contribution is 2.19. The number of ether oxygens (including phenoxy) is 1. The van der Waals surface area contributed by atoms with Crippen LogP contribution in [-0.4, -0.2) is 34.7 Å². The van der Waals surface area contributed by atoms with Crippen molar-refractivity contribution in [3.05, 3.63) is 0 Å². The number of terminal acetylenes is 1. The van der Waals surface area contributed by atoms with Gasteiger partial charge in [-0.25, -0.2) is 0 Å². The Balaban J connectivity index is 4.10. The largest absolute Gasteiger partial charge is 0.481 e. The molecule has 0 saturated heterocycles. The van der Waals surface area contributed by atoms with E-state index < -0.39 is 11.6 Å². The lowest BCUT2D eigenvalue weighted by atomic mass is 9.99. The van der Waals surface area contributed by atoms with E-state index in [1.807, 2.05) is 27.7 Å². The van der Waals surface area contributed by atoms with Crippen molar-refractivity contribution in [2.24, 2.45) is 0 Å². The lowest BCUT2D eigenvalue weighted by molar-refractivity contribution is -0.139. The second kappa shape index (κ2) is 8.68. The average molecular weight is 297 g/mol. The van der Waals surface area contributed by atoms with Gasteiger partial charge in [0.15, 0.2) is 0 Å². The van der Waals surface area contributed by atoms with Crippen molar-refractivity contribution >= 4 is 11.9 Å². The van der Waals surface area contributed by atoms with E-state index in [4.69, 9.17) is 16.3 Å². The molecule has 0 saturated carbocycles. The summed E-state index contributed by atoms with van der Waals surface area (Å²) in [4.78, 5) is 22.2. The zero-order chi connectivity index (χ0) is 16.5. The average Bonchev–Trinajstić information content (AvgIpc) is 2.33. The zero-order valence-corrected chi connectivity index (χ0v) is 13.5. The van der Waals surface area contributed by atoms with Crippen LogP contribution in [0.3, 0.4) is 0 Å². The van der Waals surface area contributed by atoms with E-state index in [-0.39, 0.29) is 17.9 Å². The molecule has 0 aromatic carbocycles. The molecular formula is C16H27NO4. The molecule has 0 aromatic rings. The van der Waals surface area contributed by atoms with E-state index >= 15 is 0 Å². The zero-order valence-electron chi connectivity index (χ0n) is 13.5. The summed E-state index contributed by atoms with van der Waals surface area (Å²) >= 11 is 0. The number of hydrogen-bond donors (Lipinski definition) is 2. The minimum Gasteiger partial charge on any atom is -0.481 e. The Morgan fingerprint density at radius 3 is 2.33 bits per heavy atom. The summed E-state index contributed by atoms with van der Waals surface area (Å²) in [5, 5.41) is 11.6. The van der Waals surface area contributed by atoms with Gasteiger partial charge in [-0.2, -0.15) is 0 Å². The molecule has 120 valence electrons. The van der Waals surface area contributed by atoms with Gasteiger partial charge in [-0.1, -0.05) is 0 Å². The van der Waals surface area contributed by atoms with Crippen LogP contribution >= 0.6 is 0 Å². The number of carboxylic acids is 1. The fraction of sp³-hybridized carbons (Fsp3) is 0.750. The van der Waals surface area contributed by atoms with Crippen molar-refractivity contribution in [3.8, 4) is 12.3 Å². The summed E-state index contributed by atoms with van der Waals surface area (Å²) in [5.74, 6) is 1.54. The summed E-state index contributed by atoms with van der Waals surface area (Å²) in [6, 6.07) is 0. The van der Waals surface area contributed by atoms with Crippen LogP contribution in [0.25, 0.3) is 0 Å². The van der Waals surface area contributed by atoms with Crippen LogP contribution < -0.4 is 5.32 Å². The van der Waals surface area contributed by atoms with Gasteiger partial charge in [0.1, 0.15) is 0 Å². The first kappa shape index (κ1) is 19.5. The van der Waals surface area contributed by atoms with Crippen LogP contribution in [0.4, 0.5) is 0 Å². The Labute approximate surface area is 127 Å². The molecule has 21 heavy (non-hydrogen) atoms. The van der Waals surface area contributed by atoms with Gasteiger partial charge in [-0.15, -0.1) is 12.3 Å². The number of hydrogen-bond acceptors (Lipinski definition) is 3. The summed E-state index contributed by atoms with van der Waals surface area (Å²) < 4.78 is 5.73. The molecule has 0 heterocycles. The molecule has 1 amide bonds. The maximum atomic E-state index is 11.6. The molecule has 2 N–H and O–H groups in total. The summed E-state index contributed by atoms with van der Waals surface area (Å²) in [6.07, 6.45) is 7.06. The quantitative estimate of drug-likeness (QED) is 0.607. The first-order valence-corrected chi connectivity index (χ1v) is 7.18. The Kier molecular flexibility index (Phi) is 8.05. The molecule has 0 radical (unpaired) electrons. The Bertz CT molecular complexity index is 394. The van der Waals surface area contributed by atoms with Crippen molar-refractivity contribution in [1.29, 1.82) is 0 Å². The lowest BCUT2D eigenvalue weighted by Gasteiger charge is -2.30. The summed E-state index contributed by atoms with van der Waals surface area (Å²) in [7, 11) is 0. The number of nitrogens with one attached hydrogen (secondary N) is 1. The van der Waals surface area contributed by atoms with Crippen LogP contribution in [0.15, 0.2) is 0 Å². The highest BCUT2D eigenvalue weighted by Gasteiger charge is 2.24. The third-order valence-electron chi connectivity index (χ3n) is 3.13. The molecule has 0 spiro atoms. The molecule has 5 heteroatoms. The SMILES string of the molecule is C#CCCC(=O)NC(C)(C)CCOC(C)(C)CCC(=O)O. The number of carboxylic acid groups (broad SMARTS) is 1. The smallest absolute Gasteiger partial charge is 0.303 e. The molecule has 0 aliphatic carbocycles. The van der Waals surface area contributed by atoms with E-state index in [9.17, 15) is 9.59 Å². The topological polar surface area (TPSA) is 75.6 Å². The predicted molar refractivity (Wildman–Crippen MR) is 81.8 cm³/mol. The van der Waals surface area contributed by atoms with Crippen molar-refractivity contribution < 1.29 is 19.4 Å². The number of rotatable bonds is 10. The number of amides is 1. The molecule has 0 atom stereocenters. The van der Waals surface area contributed by atoms with Gasteiger partial charge in [0.25, 0.3) is 0 Å². The summed E-state index contributed by atoms with van der Waals surface area (Å²) in [5.41, 5.74) is -0.865. The molecule has 0 rings (SSSR count). The van der Waals surface area contributed by atoms with Crippen LogP contribution in [0.5, 0.6) is 0 Å². The maximum Gasteiger partial charge on any atom is 0.303 e. The minimum atomic E-state index is -0.826. The van der Waals surface area contributed by atoms with Crippen LogP contribution in [0.1, 0.15) is 59.8 Å². The van der Waals surface area contributed by atoms with E-state index in [2.05, 4.69) is 11.2 Å². The maximum absolute atomic E-state index is 11.6. The van der Waals surface area contributed by atoms with E-state index in [0.717, 1.165) is 0 Å². The molecule has 0 aromatic heterocycles. The molecule has 0 aliphatic rings. The van der Waals surface area contributed by atoms with Gasteiger partial charge in [-0.05, 0) is 40.5 Å². The van der Waals surface area contributed by atoms with E-state index in [1.165, 1.54) is 0 Å². The number of carbonyl (C=O) groups excluding carboxylic acids is 1. The predicted octanol–water partition coefficient (Wildman–Crippen LogP) is 2.34. The number of carbonyl (C=O) groups is 2. The molecule has 0 unspecified atom stereocenters. The minimum absolute atomic E-state index is 0.0666. The van der Waals surface area contributed by atoms with Crippen LogP contribution in [0, 0.1) is 12.3 Å². The van der Waals surface area contributed by atoms with Crippen LogP contribution in [0.2, 0.25) is 0 Å². The third-order valence-corrected chi connectivity index (χ3v) is 3.13. The van der Waals surface area contributed by atoms with Gasteiger partial charge >= 0.3 is 5.97 Å². The lowest BCUT2D eigenvalue weighted by Crippen LogP contribution is -2.44. The Morgan fingerprint density at radius 1 is 1.19 bits per heavy atom. The first-order valence-electron chi connectivity index (χ1n) is 7.18. The van der Waals surface area contributed by atoms with Crippen molar-refractivity contribution in [3.63, 3.8) is 0 Å². The van der Waals surface area contributed by atoms with Gasteiger partial charge in [-0.3, -0.25) is 9.59 Å². The second-order valence-corrected chi connectivity index (χ2v) is 6.39. The fourth-order valence-corrected chi connectivity index (χ4v) is 1.75. The van der Waals surface area contributed by atoms with E-state index in [0.29, 0.717) is 32.3 Å². The van der Waals surface area contributed by atoms with E-state index in [1.54, 1.807) is 0 Å². The summed E-state index contributed by atoms with van der Waals surface area (Å²) in [6.45, 7) is 8.04. The van der Waals surface area contributed by atoms with Gasteiger partial charge in [0, 0.05) is 31.4 Å². The Hall–Kier alpha value is -1.54. The van der Waals surface area contributed by atoms with Crippen molar-refractivity contribution in [2.45, 2.75) is 70.9 Å². The van der Waals surface area contributed by atoms with Crippen molar-refractivity contribution in [2.75, 3.05) is 6.61 Å². The number of aliphatic carboxylic acids is 1. The Morgan fingerprint density at radius 2 is 1.81 bits per heavy atom. The van der Waals surface area contributed by atoms with Gasteiger partial charge in [0.05, 0.1) is 5.60 Å². The standard InChI is InChI=1S/C16H27NO4/c1-6-7-8-13(18)17-15(2,3)11-12-21-16(4,5)10-9-14(19)20/h1H,7-12H2,2-5H3,(H,17,18)(H,19,20). The molecule has 0 aliphatic heterocycles. The fourth-order valence-electron chi connectivity index (χ4n) is 1.75. The highest BCUT2D eigenvalue weighted by atomic mass is 16.5. The van der Waals surface area contributed by atoms with Crippen molar-refractivity contribution in [1.82, 2.24) is 5.32 Å². The third kappa shape index (κ3) is 10.9. The second-order valence-electron chi connectivity index (χ2n) is 6.39. The van der Waals surface area contributed by atoms with Crippen LogP contribution in [-0.2, 0) is 14.3 Å². The molecule has 0 fully saturated rings. The molecular weight excluding hydrogens is 270 g/mol. The first-order chi connectivity index (χ1) is 9.58. The highest BCUT2D eigenvalue weighted by molar-refractivity contribution is 5.76. The molecule has 0 bridgehead atoms. The monoisotopic (exact) mass is 297 g/mol. The molecule has 5 nitrogen and oxygen atoms in total.